The van der Waals surface area contributed by atoms with E-state index in [0.717, 1.165) is 6.07 Å². The first-order chi connectivity index (χ1) is 14.7. The van der Waals surface area contributed by atoms with Crippen molar-refractivity contribution in [3.05, 3.63) is 59.4 Å². The van der Waals surface area contributed by atoms with Gasteiger partial charge < -0.3 is 9.64 Å². The molecule has 2 aromatic rings. The number of halogens is 1. The van der Waals surface area contributed by atoms with Crippen LogP contribution in [-0.2, 0) is 19.6 Å². The zero-order valence-corrected chi connectivity index (χ0v) is 18.2. The summed E-state index contributed by atoms with van der Waals surface area (Å²) in [5, 5.41) is 0. The number of benzene rings is 2. The van der Waals surface area contributed by atoms with Crippen LogP contribution < -0.4 is 4.72 Å². The molecule has 1 aliphatic heterocycles. The fourth-order valence-corrected chi connectivity index (χ4v) is 4.53. The molecule has 0 saturated carbocycles. The number of amides is 1. The Hall–Kier alpha value is -2.94. The summed E-state index contributed by atoms with van der Waals surface area (Å²) < 4.78 is 46.4. The number of hydrogen-bond donors (Lipinski definition) is 1. The number of carbonyl (C=O) groups excluding carboxylic acids is 2. The van der Waals surface area contributed by atoms with Crippen LogP contribution >= 0.6 is 0 Å². The van der Waals surface area contributed by atoms with Crippen LogP contribution in [0.25, 0.3) is 0 Å². The number of carbonyl (C=O) groups is 2. The van der Waals surface area contributed by atoms with Crippen molar-refractivity contribution in [2.24, 2.45) is 5.92 Å². The van der Waals surface area contributed by atoms with Gasteiger partial charge in [-0.1, -0.05) is 12.1 Å². The van der Waals surface area contributed by atoms with Crippen LogP contribution in [0.1, 0.15) is 35.7 Å². The van der Waals surface area contributed by atoms with Crippen molar-refractivity contribution >= 4 is 27.6 Å². The molecular weight excluding hydrogens is 423 g/mol. The maximum absolute atomic E-state index is 13.8. The van der Waals surface area contributed by atoms with Gasteiger partial charge in [0.1, 0.15) is 5.82 Å². The lowest BCUT2D eigenvalue weighted by Gasteiger charge is -2.31. The van der Waals surface area contributed by atoms with Crippen LogP contribution in [-0.4, -0.2) is 44.9 Å². The smallest absolute Gasteiger partial charge is 0.310 e. The average Bonchev–Trinajstić information content (AvgIpc) is 2.75. The summed E-state index contributed by atoms with van der Waals surface area (Å²) in [5.41, 5.74) is 0.819. The SMILES string of the molecule is CCOC(=O)C1CCCN(C(=O)c2cccc(NS(=O)(=O)c3ccc(C)c(F)c3)c2)C1. The van der Waals surface area contributed by atoms with Gasteiger partial charge in [-0.3, -0.25) is 14.3 Å². The number of sulfonamides is 1. The highest BCUT2D eigenvalue weighted by atomic mass is 32.2. The van der Waals surface area contributed by atoms with Gasteiger partial charge in [0.25, 0.3) is 15.9 Å². The molecule has 1 fully saturated rings. The van der Waals surface area contributed by atoms with E-state index in [9.17, 15) is 22.4 Å². The topological polar surface area (TPSA) is 92.8 Å². The average molecular weight is 449 g/mol. The Kier molecular flexibility index (Phi) is 6.94. The maximum Gasteiger partial charge on any atom is 0.310 e. The Bertz CT molecular complexity index is 1090. The second-order valence-electron chi connectivity index (χ2n) is 7.44. The molecule has 2 aromatic carbocycles. The normalized spacial score (nSPS) is 16.6. The number of nitrogens with one attached hydrogen (secondary N) is 1. The van der Waals surface area contributed by atoms with Gasteiger partial charge in [-0.25, -0.2) is 12.8 Å². The Morgan fingerprint density at radius 3 is 2.71 bits per heavy atom. The maximum atomic E-state index is 13.8. The molecule has 1 aliphatic rings. The summed E-state index contributed by atoms with van der Waals surface area (Å²) in [6.07, 6.45) is 1.34. The van der Waals surface area contributed by atoms with Crippen LogP contribution in [0.4, 0.5) is 10.1 Å². The summed E-state index contributed by atoms with van der Waals surface area (Å²) in [7, 11) is -4.02. The quantitative estimate of drug-likeness (QED) is 0.684. The standard InChI is InChI=1S/C22H25FN2O5S/c1-3-30-22(27)17-7-5-11-25(14-17)21(26)16-6-4-8-18(12-16)24-31(28,29)19-10-9-15(2)20(23)13-19/h4,6,8-10,12-13,17,24H,3,5,7,11,14H2,1-2H3. The fourth-order valence-electron chi connectivity index (χ4n) is 3.47. The number of nitrogens with zero attached hydrogens (tertiary/aromatic N) is 1. The van der Waals surface area contributed by atoms with Crippen molar-refractivity contribution in [3.8, 4) is 0 Å². The molecule has 1 N–H and O–H groups in total. The van der Waals surface area contributed by atoms with E-state index in [4.69, 9.17) is 4.74 Å². The molecule has 0 radical (unpaired) electrons. The summed E-state index contributed by atoms with van der Waals surface area (Å²) >= 11 is 0. The Balaban J connectivity index is 1.75. The van der Waals surface area contributed by atoms with E-state index in [0.29, 0.717) is 30.5 Å². The summed E-state index contributed by atoms with van der Waals surface area (Å²) in [5.74, 6) is -1.59. The van der Waals surface area contributed by atoms with Crippen LogP contribution in [0.3, 0.4) is 0 Å². The molecule has 1 unspecified atom stereocenters. The molecule has 9 heteroatoms. The number of esters is 1. The molecule has 0 bridgehead atoms. The molecule has 0 spiro atoms. The number of piperidine rings is 1. The zero-order valence-electron chi connectivity index (χ0n) is 17.4. The van der Waals surface area contributed by atoms with Crippen LogP contribution in [0.5, 0.6) is 0 Å². The van der Waals surface area contributed by atoms with E-state index in [2.05, 4.69) is 4.72 Å². The predicted octanol–water partition coefficient (Wildman–Crippen LogP) is 3.35. The molecule has 7 nitrogen and oxygen atoms in total. The lowest BCUT2D eigenvalue weighted by atomic mass is 9.97. The Morgan fingerprint density at radius 1 is 1.23 bits per heavy atom. The zero-order chi connectivity index (χ0) is 22.6. The van der Waals surface area contributed by atoms with Crippen LogP contribution in [0.2, 0.25) is 0 Å². The minimum absolute atomic E-state index is 0.186. The highest BCUT2D eigenvalue weighted by Crippen LogP contribution is 2.23. The minimum Gasteiger partial charge on any atom is -0.466 e. The van der Waals surface area contributed by atoms with Crippen LogP contribution in [0.15, 0.2) is 47.4 Å². The van der Waals surface area contributed by atoms with Crippen molar-refractivity contribution < 1.29 is 27.1 Å². The molecule has 1 atom stereocenters. The van der Waals surface area contributed by atoms with E-state index in [-0.39, 0.29) is 41.5 Å². The monoisotopic (exact) mass is 448 g/mol. The van der Waals surface area contributed by atoms with Crippen LogP contribution in [0, 0.1) is 18.7 Å². The first-order valence-corrected chi connectivity index (χ1v) is 11.5. The van der Waals surface area contributed by atoms with Crippen molar-refractivity contribution in [2.45, 2.75) is 31.6 Å². The number of ether oxygens (including phenoxy) is 1. The molecule has 1 heterocycles. The van der Waals surface area contributed by atoms with Crippen molar-refractivity contribution in [1.29, 1.82) is 0 Å². The Morgan fingerprint density at radius 2 is 2.00 bits per heavy atom. The van der Waals surface area contributed by atoms with Crippen molar-refractivity contribution in [2.75, 3.05) is 24.4 Å². The summed E-state index contributed by atoms with van der Waals surface area (Å²) in [4.78, 5) is 26.3. The van der Waals surface area contributed by atoms with Gasteiger partial charge in [0.15, 0.2) is 0 Å². The third kappa shape index (κ3) is 5.41. The second kappa shape index (κ2) is 9.47. The molecule has 0 aromatic heterocycles. The number of aryl methyl sites for hydroxylation is 1. The lowest BCUT2D eigenvalue weighted by molar-refractivity contribution is -0.149. The predicted molar refractivity (Wildman–Crippen MR) is 114 cm³/mol. The first-order valence-electron chi connectivity index (χ1n) is 10.1. The van der Waals surface area contributed by atoms with E-state index in [1.54, 1.807) is 30.9 Å². The highest BCUT2D eigenvalue weighted by Gasteiger charge is 2.30. The van der Waals surface area contributed by atoms with Gasteiger partial charge in [0, 0.05) is 24.3 Å². The Labute approximate surface area is 181 Å². The molecule has 3 rings (SSSR count). The molecule has 1 saturated heterocycles. The minimum atomic E-state index is -4.02. The second-order valence-corrected chi connectivity index (χ2v) is 9.12. The molecule has 166 valence electrons. The van der Waals surface area contributed by atoms with Gasteiger partial charge in [0.05, 0.1) is 17.4 Å². The lowest BCUT2D eigenvalue weighted by Crippen LogP contribution is -2.42. The molecular formula is C22H25FN2O5S. The highest BCUT2D eigenvalue weighted by molar-refractivity contribution is 7.92. The third-order valence-corrected chi connectivity index (χ3v) is 6.52. The molecule has 0 aliphatic carbocycles. The number of rotatable bonds is 6. The van der Waals surface area contributed by atoms with E-state index in [1.807, 2.05) is 0 Å². The van der Waals surface area contributed by atoms with Gasteiger partial charge >= 0.3 is 5.97 Å². The largest absolute Gasteiger partial charge is 0.466 e. The molecule has 1 amide bonds. The van der Waals surface area contributed by atoms with Gasteiger partial charge in [-0.2, -0.15) is 0 Å². The molecule has 31 heavy (non-hydrogen) atoms. The number of likely N-dealkylation sites (tertiary alicyclic amines) is 1. The first kappa shape index (κ1) is 22.7. The van der Waals surface area contributed by atoms with Gasteiger partial charge in [-0.15, -0.1) is 0 Å². The van der Waals surface area contributed by atoms with Gasteiger partial charge in [0.2, 0.25) is 0 Å². The fraction of sp³-hybridized carbons (Fsp3) is 0.364. The summed E-state index contributed by atoms with van der Waals surface area (Å²) in [6, 6.07) is 9.75. The number of hydrogen-bond acceptors (Lipinski definition) is 5. The van der Waals surface area contributed by atoms with E-state index in [1.165, 1.54) is 24.3 Å². The number of anilines is 1. The van der Waals surface area contributed by atoms with Crippen molar-refractivity contribution in [3.63, 3.8) is 0 Å². The summed E-state index contributed by atoms with van der Waals surface area (Å²) in [6.45, 7) is 4.34. The van der Waals surface area contributed by atoms with Gasteiger partial charge in [-0.05, 0) is 62.6 Å². The van der Waals surface area contributed by atoms with Crippen molar-refractivity contribution in [1.82, 2.24) is 4.90 Å². The third-order valence-electron chi connectivity index (χ3n) is 5.14. The van der Waals surface area contributed by atoms with E-state index >= 15 is 0 Å². The van der Waals surface area contributed by atoms with E-state index < -0.39 is 15.8 Å².